The van der Waals surface area contributed by atoms with E-state index in [1.165, 1.54) is 11.1 Å². The number of nitrogens with two attached hydrogens (primary N) is 1. The van der Waals surface area contributed by atoms with Gasteiger partial charge in [0.2, 0.25) is 0 Å². The molecule has 102 valence electrons. The van der Waals surface area contributed by atoms with Crippen molar-refractivity contribution < 1.29 is 4.74 Å². The highest BCUT2D eigenvalue weighted by molar-refractivity contribution is 5.39. The number of benzene rings is 1. The van der Waals surface area contributed by atoms with E-state index in [2.05, 4.69) is 50.9 Å². The molecule has 0 atom stereocenters. The summed E-state index contributed by atoms with van der Waals surface area (Å²) in [5.41, 5.74) is 8.30. The summed E-state index contributed by atoms with van der Waals surface area (Å²) in [6.07, 6.45) is 0. The van der Waals surface area contributed by atoms with Crippen LogP contribution in [0.1, 0.15) is 31.9 Å². The molecule has 0 amide bonds. The van der Waals surface area contributed by atoms with Gasteiger partial charge in [0.05, 0.1) is 7.11 Å². The first-order valence-electron chi connectivity index (χ1n) is 6.44. The van der Waals surface area contributed by atoms with Crippen molar-refractivity contribution in [2.45, 2.75) is 32.7 Å². The summed E-state index contributed by atoms with van der Waals surface area (Å²) in [5.74, 6) is 0.951. The van der Waals surface area contributed by atoms with Crippen molar-refractivity contribution in [1.82, 2.24) is 4.90 Å². The van der Waals surface area contributed by atoms with Gasteiger partial charge < -0.3 is 15.4 Å². The van der Waals surface area contributed by atoms with Gasteiger partial charge in [-0.1, -0.05) is 32.9 Å². The molecule has 0 saturated carbocycles. The van der Waals surface area contributed by atoms with E-state index in [-0.39, 0.29) is 5.41 Å². The standard InChI is InChI=1S/C15H26N2O/c1-15(2,3)13-6-7-14(18-5)12(10-13)11-17(4)9-8-16/h6-7,10H,8-9,11,16H2,1-5H3. The molecule has 1 rings (SSSR count). The first-order chi connectivity index (χ1) is 8.38. The van der Waals surface area contributed by atoms with E-state index >= 15 is 0 Å². The summed E-state index contributed by atoms with van der Waals surface area (Å²) < 4.78 is 5.43. The van der Waals surface area contributed by atoms with Crippen LogP contribution in [0.15, 0.2) is 18.2 Å². The van der Waals surface area contributed by atoms with Crippen LogP contribution in [-0.2, 0) is 12.0 Å². The topological polar surface area (TPSA) is 38.5 Å². The minimum Gasteiger partial charge on any atom is -0.496 e. The Balaban J connectivity index is 2.99. The Bertz CT molecular complexity index is 383. The number of methoxy groups -OCH3 is 1. The summed E-state index contributed by atoms with van der Waals surface area (Å²) in [7, 11) is 3.80. The lowest BCUT2D eigenvalue weighted by molar-refractivity contribution is 0.325. The third-order valence-corrected chi connectivity index (χ3v) is 3.10. The second-order valence-corrected chi connectivity index (χ2v) is 5.80. The smallest absolute Gasteiger partial charge is 0.123 e. The highest BCUT2D eigenvalue weighted by Gasteiger charge is 2.16. The molecule has 0 aromatic heterocycles. The second-order valence-electron chi connectivity index (χ2n) is 5.80. The molecule has 1 aromatic carbocycles. The van der Waals surface area contributed by atoms with Crippen LogP contribution in [-0.4, -0.2) is 32.1 Å². The summed E-state index contributed by atoms with van der Waals surface area (Å²) in [6.45, 7) is 9.11. The van der Waals surface area contributed by atoms with Crippen LogP contribution in [0.3, 0.4) is 0 Å². The molecule has 0 radical (unpaired) electrons. The fourth-order valence-electron chi connectivity index (χ4n) is 1.96. The monoisotopic (exact) mass is 250 g/mol. The van der Waals surface area contributed by atoms with E-state index in [9.17, 15) is 0 Å². The number of rotatable bonds is 5. The first kappa shape index (κ1) is 15.0. The van der Waals surface area contributed by atoms with Gasteiger partial charge in [-0.3, -0.25) is 0 Å². The number of hydrogen-bond acceptors (Lipinski definition) is 3. The summed E-state index contributed by atoms with van der Waals surface area (Å²) >= 11 is 0. The maximum atomic E-state index is 5.58. The zero-order valence-electron chi connectivity index (χ0n) is 12.3. The van der Waals surface area contributed by atoms with Gasteiger partial charge in [-0.2, -0.15) is 0 Å². The minimum atomic E-state index is 0.160. The molecule has 0 saturated heterocycles. The lowest BCUT2D eigenvalue weighted by atomic mass is 9.86. The van der Waals surface area contributed by atoms with E-state index in [1.54, 1.807) is 7.11 Å². The van der Waals surface area contributed by atoms with E-state index in [4.69, 9.17) is 10.5 Å². The lowest BCUT2D eigenvalue weighted by Crippen LogP contribution is -2.25. The maximum absolute atomic E-state index is 5.58. The molecule has 0 spiro atoms. The van der Waals surface area contributed by atoms with Crippen molar-refractivity contribution in [3.05, 3.63) is 29.3 Å². The molecule has 0 aliphatic rings. The molecule has 0 fully saturated rings. The zero-order valence-corrected chi connectivity index (χ0v) is 12.3. The molecule has 0 aliphatic heterocycles. The molecule has 3 heteroatoms. The number of hydrogen-bond donors (Lipinski definition) is 1. The fourth-order valence-corrected chi connectivity index (χ4v) is 1.96. The molecular formula is C15H26N2O. The Hall–Kier alpha value is -1.06. The van der Waals surface area contributed by atoms with Gasteiger partial charge in [0.15, 0.2) is 0 Å². The third-order valence-electron chi connectivity index (χ3n) is 3.10. The van der Waals surface area contributed by atoms with Gasteiger partial charge in [-0.25, -0.2) is 0 Å². The van der Waals surface area contributed by atoms with E-state index in [0.29, 0.717) is 6.54 Å². The normalized spacial score (nSPS) is 11.9. The fraction of sp³-hybridized carbons (Fsp3) is 0.600. The van der Waals surface area contributed by atoms with Gasteiger partial charge in [0.25, 0.3) is 0 Å². The molecule has 2 N–H and O–H groups in total. The number of ether oxygens (including phenoxy) is 1. The van der Waals surface area contributed by atoms with Crippen molar-refractivity contribution in [2.75, 3.05) is 27.2 Å². The van der Waals surface area contributed by atoms with E-state index in [1.807, 2.05) is 0 Å². The SMILES string of the molecule is COc1ccc(C(C)(C)C)cc1CN(C)CCN. The van der Waals surface area contributed by atoms with Crippen LogP contribution >= 0.6 is 0 Å². The lowest BCUT2D eigenvalue weighted by Gasteiger charge is -2.23. The van der Waals surface area contributed by atoms with E-state index < -0.39 is 0 Å². The van der Waals surface area contributed by atoms with Crippen molar-refractivity contribution in [1.29, 1.82) is 0 Å². The van der Waals surface area contributed by atoms with Crippen LogP contribution in [0.4, 0.5) is 0 Å². The molecular weight excluding hydrogens is 224 g/mol. The molecule has 0 unspecified atom stereocenters. The summed E-state index contributed by atoms with van der Waals surface area (Å²) in [4.78, 5) is 2.21. The molecule has 18 heavy (non-hydrogen) atoms. The number of nitrogens with zero attached hydrogens (tertiary/aromatic N) is 1. The Labute approximate surface area is 111 Å². The average Bonchev–Trinajstić information content (AvgIpc) is 2.28. The van der Waals surface area contributed by atoms with Crippen LogP contribution in [0.25, 0.3) is 0 Å². The molecule has 0 heterocycles. The van der Waals surface area contributed by atoms with Crippen molar-refractivity contribution >= 4 is 0 Å². The predicted molar refractivity (Wildman–Crippen MR) is 77.1 cm³/mol. The quantitative estimate of drug-likeness (QED) is 0.872. The zero-order chi connectivity index (χ0) is 13.8. The van der Waals surface area contributed by atoms with Crippen LogP contribution < -0.4 is 10.5 Å². The minimum absolute atomic E-state index is 0.160. The molecule has 0 aliphatic carbocycles. The van der Waals surface area contributed by atoms with Gasteiger partial charge in [0.1, 0.15) is 5.75 Å². The molecule has 3 nitrogen and oxygen atoms in total. The Morgan fingerprint density at radius 1 is 1.28 bits per heavy atom. The predicted octanol–water partition coefficient (Wildman–Crippen LogP) is 2.38. The van der Waals surface area contributed by atoms with Crippen molar-refractivity contribution in [3.8, 4) is 5.75 Å². The van der Waals surface area contributed by atoms with Gasteiger partial charge >= 0.3 is 0 Å². The van der Waals surface area contributed by atoms with Crippen LogP contribution in [0, 0.1) is 0 Å². The molecule has 0 bridgehead atoms. The van der Waals surface area contributed by atoms with Gasteiger partial charge in [-0.05, 0) is 24.1 Å². The van der Waals surface area contributed by atoms with Gasteiger partial charge in [-0.15, -0.1) is 0 Å². The third kappa shape index (κ3) is 4.00. The van der Waals surface area contributed by atoms with Crippen LogP contribution in [0.5, 0.6) is 5.75 Å². The summed E-state index contributed by atoms with van der Waals surface area (Å²) in [5, 5.41) is 0. The maximum Gasteiger partial charge on any atom is 0.123 e. The Morgan fingerprint density at radius 2 is 1.94 bits per heavy atom. The van der Waals surface area contributed by atoms with Crippen LogP contribution in [0.2, 0.25) is 0 Å². The second kappa shape index (κ2) is 6.21. The first-order valence-corrected chi connectivity index (χ1v) is 6.44. The number of likely N-dealkylation sites (N-methyl/N-ethyl adjacent to an activating group) is 1. The van der Waals surface area contributed by atoms with E-state index in [0.717, 1.165) is 18.8 Å². The largest absolute Gasteiger partial charge is 0.496 e. The Kier molecular flexibility index (Phi) is 5.17. The highest BCUT2D eigenvalue weighted by Crippen LogP contribution is 2.28. The highest BCUT2D eigenvalue weighted by atomic mass is 16.5. The van der Waals surface area contributed by atoms with Crippen molar-refractivity contribution in [2.24, 2.45) is 5.73 Å². The van der Waals surface area contributed by atoms with Crippen molar-refractivity contribution in [3.63, 3.8) is 0 Å². The molecule has 1 aromatic rings. The van der Waals surface area contributed by atoms with Gasteiger partial charge in [0, 0.05) is 25.2 Å². The Morgan fingerprint density at radius 3 is 2.44 bits per heavy atom. The average molecular weight is 250 g/mol. The summed E-state index contributed by atoms with van der Waals surface area (Å²) in [6, 6.07) is 6.45.